The van der Waals surface area contributed by atoms with Crippen LogP contribution in [0.2, 0.25) is 5.15 Å². The maximum absolute atomic E-state index is 13.2. The fourth-order valence-corrected chi connectivity index (χ4v) is 5.82. The Kier molecular flexibility index (Phi) is 6.63. The molecule has 35 heavy (non-hydrogen) atoms. The third-order valence-corrected chi connectivity index (χ3v) is 7.52. The highest BCUT2D eigenvalue weighted by Crippen LogP contribution is 2.40. The first-order valence-electron chi connectivity index (χ1n) is 12.7. The Morgan fingerprint density at radius 3 is 2.54 bits per heavy atom. The molecule has 0 spiro atoms. The van der Waals surface area contributed by atoms with Crippen LogP contribution in [-0.2, 0) is 17.7 Å². The van der Waals surface area contributed by atoms with Gasteiger partial charge in [0.25, 0.3) is 0 Å². The summed E-state index contributed by atoms with van der Waals surface area (Å²) in [6.45, 7) is 7.36. The average Bonchev–Trinajstić information content (AvgIpc) is 2.84. The third-order valence-electron chi connectivity index (χ3n) is 7.22. The summed E-state index contributed by atoms with van der Waals surface area (Å²) in [7, 11) is 0. The molecular weight excluding hydrogens is 458 g/mol. The minimum Gasteiger partial charge on any atom is -0.444 e. The first-order chi connectivity index (χ1) is 16.8. The van der Waals surface area contributed by atoms with E-state index < -0.39 is 5.60 Å². The maximum Gasteiger partial charge on any atom is 0.410 e. The lowest BCUT2D eigenvalue weighted by molar-refractivity contribution is 0.00920. The molecule has 2 aliphatic rings. The number of hydrogen-bond donors (Lipinski definition) is 0. The number of ether oxygens (including phenoxy) is 1. The van der Waals surface area contributed by atoms with E-state index in [-0.39, 0.29) is 12.1 Å². The molecule has 0 unspecified atom stereocenters. The zero-order valence-electron chi connectivity index (χ0n) is 20.8. The molecule has 1 aliphatic carbocycles. The molecule has 2 aromatic carbocycles. The Balaban J connectivity index is 1.34. The van der Waals surface area contributed by atoms with Crippen LogP contribution in [0.5, 0.6) is 0 Å². The smallest absolute Gasteiger partial charge is 0.410 e. The van der Waals surface area contributed by atoms with Crippen LogP contribution in [0, 0.1) is 0 Å². The van der Waals surface area contributed by atoms with Gasteiger partial charge in [-0.3, -0.25) is 0 Å². The molecule has 1 fully saturated rings. The summed E-state index contributed by atoms with van der Waals surface area (Å²) in [6, 6.07) is 17.2. The molecule has 1 aromatic heterocycles. The molecule has 1 amide bonds. The van der Waals surface area contributed by atoms with Crippen LogP contribution in [0.3, 0.4) is 0 Å². The summed E-state index contributed by atoms with van der Waals surface area (Å²) in [5.41, 5.74) is 3.16. The topological polar surface area (TPSA) is 45.7 Å². The van der Waals surface area contributed by atoms with E-state index in [2.05, 4.69) is 40.2 Å². The number of anilines is 1. The number of nitrogens with zero attached hydrogens (tertiary/aromatic N) is 3. The number of carbonyl (C=O) groups excluding carboxylic acids is 1. The van der Waals surface area contributed by atoms with Gasteiger partial charge >= 0.3 is 6.09 Å². The van der Waals surface area contributed by atoms with Gasteiger partial charge in [-0.1, -0.05) is 54.1 Å². The third kappa shape index (κ3) is 5.11. The Labute approximate surface area is 213 Å². The Morgan fingerprint density at radius 2 is 1.83 bits per heavy atom. The Hall–Kier alpha value is -2.79. The number of aromatic nitrogens is 1. The SMILES string of the molecule is CC(C)(C)OC(=O)N(Cc1ccccc1)[C@H]1CC[C@H](N2CCc3cnc(Cl)c4cccc2c34)CC1. The molecule has 2 heterocycles. The first-order valence-corrected chi connectivity index (χ1v) is 13.0. The van der Waals surface area contributed by atoms with Gasteiger partial charge in [0.1, 0.15) is 10.8 Å². The van der Waals surface area contributed by atoms with Crippen molar-refractivity contribution in [1.82, 2.24) is 9.88 Å². The van der Waals surface area contributed by atoms with Crippen LogP contribution in [0.4, 0.5) is 10.5 Å². The van der Waals surface area contributed by atoms with Gasteiger partial charge in [-0.2, -0.15) is 0 Å². The Morgan fingerprint density at radius 1 is 1.09 bits per heavy atom. The quantitative estimate of drug-likeness (QED) is 0.368. The van der Waals surface area contributed by atoms with Gasteiger partial charge in [0.2, 0.25) is 0 Å². The largest absolute Gasteiger partial charge is 0.444 e. The molecule has 0 bridgehead atoms. The van der Waals surface area contributed by atoms with Gasteiger partial charge in [0.15, 0.2) is 0 Å². The number of pyridine rings is 1. The fourth-order valence-electron chi connectivity index (χ4n) is 5.61. The van der Waals surface area contributed by atoms with Crippen LogP contribution < -0.4 is 4.90 Å². The first kappa shape index (κ1) is 23.9. The molecule has 1 aliphatic heterocycles. The fraction of sp³-hybridized carbons (Fsp3) is 0.448. The van der Waals surface area contributed by atoms with Gasteiger partial charge in [-0.15, -0.1) is 0 Å². The molecule has 5 rings (SSSR count). The zero-order valence-corrected chi connectivity index (χ0v) is 21.6. The standard InChI is InChI=1S/C29H34ClN3O2/c1-29(2,3)35-28(34)33(19-20-8-5-4-6-9-20)23-14-12-22(13-15-23)32-17-16-21-18-31-27(30)24-10-7-11-25(32)26(21)24/h4-11,18,22-23H,12-17,19H2,1-3H3/t22-,23-. The van der Waals surface area contributed by atoms with Crippen LogP contribution in [0.1, 0.15) is 57.6 Å². The van der Waals surface area contributed by atoms with E-state index in [1.807, 2.05) is 50.1 Å². The van der Waals surface area contributed by atoms with E-state index in [0.29, 0.717) is 17.7 Å². The molecule has 6 heteroatoms. The number of halogens is 1. The number of benzene rings is 2. The number of hydrogen-bond acceptors (Lipinski definition) is 4. The highest BCUT2D eigenvalue weighted by atomic mass is 35.5. The van der Waals surface area contributed by atoms with Gasteiger partial charge in [0.05, 0.1) is 0 Å². The monoisotopic (exact) mass is 491 g/mol. The van der Waals surface area contributed by atoms with Gasteiger partial charge in [-0.05, 0) is 70.1 Å². The van der Waals surface area contributed by atoms with E-state index in [4.69, 9.17) is 16.3 Å². The van der Waals surface area contributed by atoms with E-state index in [1.165, 1.54) is 16.6 Å². The molecule has 1 saturated carbocycles. The van der Waals surface area contributed by atoms with Crippen molar-refractivity contribution in [2.24, 2.45) is 0 Å². The number of carbonyl (C=O) groups is 1. The maximum atomic E-state index is 13.2. The highest BCUT2D eigenvalue weighted by molar-refractivity contribution is 6.34. The van der Waals surface area contributed by atoms with E-state index in [9.17, 15) is 4.79 Å². The van der Waals surface area contributed by atoms with E-state index in [0.717, 1.165) is 49.6 Å². The van der Waals surface area contributed by atoms with Crippen LogP contribution in [-0.4, -0.2) is 40.2 Å². The number of rotatable bonds is 4. The Bertz CT molecular complexity index is 1200. The normalized spacial score (nSPS) is 20.1. The lowest BCUT2D eigenvalue weighted by Crippen LogP contribution is -2.48. The van der Waals surface area contributed by atoms with Gasteiger partial charge in [-0.25, -0.2) is 9.78 Å². The second-order valence-corrected chi connectivity index (χ2v) is 11.1. The lowest BCUT2D eigenvalue weighted by Gasteiger charge is -2.43. The number of amides is 1. The van der Waals surface area contributed by atoms with E-state index in [1.54, 1.807) is 0 Å². The van der Waals surface area contributed by atoms with Crippen molar-refractivity contribution in [3.63, 3.8) is 0 Å². The van der Waals surface area contributed by atoms with Crippen LogP contribution in [0.25, 0.3) is 10.8 Å². The van der Waals surface area contributed by atoms with Crippen LogP contribution in [0.15, 0.2) is 54.7 Å². The highest BCUT2D eigenvalue weighted by Gasteiger charge is 2.35. The molecular formula is C29H34ClN3O2. The second-order valence-electron chi connectivity index (χ2n) is 10.8. The van der Waals surface area contributed by atoms with Gasteiger partial charge < -0.3 is 14.5 Å². The van der Waals surface area contributed by atoms with Crippen LogP contribution >= 0.6 is 11.6 Å². The van der Waals surface area contributed by atoms with Crippen molar-refractivity contribution in [1.29, 1.82) is 0 Å². The summed E-state index contributed by atoms with van der Waals surface area (Å²) in [5.74, 6) is 0. The zero-order chi connectivity index (χ0) is 24.6. The van der Waals surface area contributed by atoms with E-state index >= 15 is 0 Å². The van der Waals surface area contributed by atoms with Crippen molar-refractivity contribution < 1.29 is 9.53 Å². The molecule has 0 atom stereocenters. The van der Waals surface area contributed by atoms with Gasteiger partial charge in [0, 0.05) is 47.8 Å². The van der Waals surface area contributed by atoms with Crippen molar-refractivity contribution in [3.05, 3.63) is 71.0 Å². The molecule has 0 radical (unpaired) electrons. The summed E-state index contributed by atoms with van der Waals surface area (Å²) in [5, 5.41) is 2.87. The minimum atomic E-state index is -0.515. The second kappa shape index (κ2) is 9.69. The molecule has 3 aromatic rings. The summed E-state index contributed by atoms with van der Waals surface area (Å²) >= 11 is 6.43. The lowest BCUT2D eigenvalue weighted by atomic mass is 9.87. The van der Waals surface area contributed by atoms with Crippen molar-refractivity contribution in [2.45, 2.75) is 77.1 Å². The van der Waals surface area contributed by atoms with Crippen molar-refractivity contribution in [3.8, 4) is 0 Å². The molecule has 0 N–H and O–H groups in total. The van der Waals surface area contributed by atoms with Crippen molar-refractivity contribution in [2.75, 3.05) is 11.4 Å². The molecule has 5 nitrogen and oxygen atoms in total. The predicted octanol–water partition coefficient (Wildman–Crippen LogP) is 7.00. The molecule has 0 saturated heterocycles. The summed E-state index contributed by atoms with van der Waals surface area (Å²) in [6.07, 6.45) is 6.72. The summed E-state index contributed by atoms with van der Waals surface area (Å²) in [4.78, 5) is 22.1. The predicted molar refractivity (Wildman–Crippen MR) is 142 cm³/mol. The van der Waals surface area contributed by atoms with Crippen molar-refractivity contribution >= 4 is 34.2 Å². The minimum absolute atomic E-state index is 0.174. The average molecular weight is 492 g/mol. The molecule has 184 valence electrons. The summed E-state index contributed by atoms with van der Waals surface area (Å²) < 4.78 is 5.82.